The summed E-state index contributed by atoms with van der Waals surface area (Å²) in [5.74, 6) is 1.36. The van der Waals surface area contributed by atoms with Crippen molar-refractivity contribution in [2.24, 2.45) is 5.73 Å². The lowest BCUT2D eigenvalue weighted by Gasteiger charge is -2.28. The summed E-state index contributed by atoms with van der Waals surface area (Å²) in [6, 6.07) is 15.3. The van der Waals surface area contributed by atoms with Crippen molar-refractivity contribution in [1.82, 2.24) is 15.3 Å². The van der Waals surface area contributed by atoms with Gasteiger partial charge in [-0.05, 0) is 43.2 Å². The summed E-state index contributed by atoms with van der Waals surface area (Å²) in [6.07, 6.45) is 3.25. The minimum Gasteiger partial charge on any atom is -0.378 e. The molecular weight excluding hydrogens is 482 g/mol. The molecule has 0 radical (unpaired) electrons. The molecule has 38 heavy (non-hydrogen) atoms. The second kappa shape index (κ2) is 11.5. The number of anilines is 4. The molecule has 2 amide bonds. The molecule has 0 saturated carbocycles. The van der Waals surface area contributed by atoms with E-state index in [0.29, 0.717) is 24.5 Å². The predicted octanol–water partition coefficient (Wildman–Crippen LogP) is 3.10. The molecule has 10 nitrogen and oxygen atoms in total. The number of amides is 2. The van der Waals surface area contributed by atoms with Gasteiger partial charge in [-0.15, -0.1) is 0 Å². The molecule has 1 atom stereocenters. The Kier molecular flexibility index (Phi) is 7.69. The minimum atomic E-state index is -0.520. The molecule has 2 fully saturated rings. The molecule has 2 aliphatic heterocycles. The van der Waals surface area contributed by atoms with Gasteiger partial charge < -0.3 is 30.9 Å². The third-order valence-electron chi connectivity index (χ3n) is 6.93. The molecule has 10 heteroatoms. The summed E-state index contributed by atoms with van der Waals surface area (Å²) in [6.45, 7) is 6.19. The van der Waals surface area contributed by atoms with Gasteiger partial charge in [-0.3, -0.25) is 4.79 Å². The Labute approximate surface area is 222 Å². The SMILES string of the molecule is CC(=O)c1ccc(Cc2cnc(Nc3ccc(N4CCOCC4)cc3)nc2N2CCC(NC(N)=O)C2)cc1. The highest BCUT2D eigenvalue weighted by atomic mass is 16.5. The fraction of sp³-hybridized carbons (Fsp3) is 0.357. The third-order valence-corrected chi connectivity index (χ3v) is 6.93. The maximum absolute atomic E-state index is 11.7. The number of urea groups is 1. The van der Waals surface area contributed by atoms with Gasteiger partial charge in [0.2, 0.25) is 5.95 Å². The van der Waals surface area contributed by atoms with Crippen LogP contribution in [0.3, 0.4) is 0 Å². The largest absolute Gasteiger partial charge is 0.378 e. The summed E-state index contributed by atoms with van der Waals surface area (Å²) in [5, 5.41) is 6.14. The van der Waals surface area contributed by atoms with Crippen LogP contribution in [0.2, 0.25) is 0 Å². The molecule has 3 aromatic rings. The first-order valence-corrected chi connectivity index (χ1v) is 12.9. The molecule has 1 aromatic heterocycles. The summed E-state index contributed by atoms with van der Waals surface area (Å²) in [7, 11) is 0. The molecule has 2 aliphatic rings. The fourth-order valence-electron chi connectivity index (χ4n) is 4.91. The van der Waals surface area contributed by atoms with Gasteiger partial charge in [-0.2, -0.15) is 4.98 Å². The highest BCUT2D eigenvalue weighted by Crippen LogP contribution is 2.27. The first kappa shape index (κ1) is 25.5. The molecule has 4 N–H and O–H groups in total. The zero-order valence-electron chi connectivity index (χ0n) is 21.5. The number of benzene rings is 2. The summed E-state index contributed by atoms with van der Waals surface area (Å²) in [4.78, 5) is 37.0. The van der Waals surface area contributed by atoms with Crippen LogP contribution >= 0.6 is 0 Å². The topological polar surface area (TPSA) is 126 Å². The number of hydrogen-bond acceptors (Lipinski definition) is 8. The van der Waals surface area contributed by atoms with E-state index in [1.54, 1.807) is 6.92 Å². The third kappa shape index (κ3) is 6.20. The average Bonchev–Trinajstić information content (AvgIpc) is 3.38. The van der Waals surface area contributed by atoms with Crippen LogP contribution < -0.4 is 26.2 Å². The van der Waals surface area contributed by atoms with Crippen molar-refractivity contribution in [2.45, 2.75) is 25.8 Å². The monoisotopic (exact) mass is 515 g/mol. The lowest BCUT2D eigenvalue weighted by Crippen LogP contribution is -2.40. The number of rotatable bonds is 8. The first-order chi connectivity index (χ1) is 18.4. The van der Waals surface area contributed by atoms with Crippen LogP contribution in [0.4, 0.5) is 27.9 Å². The number of carbonyl (C=O) groups is 2. The second-order valence-corrected chi connectivity index (χ2v) is 9.68. The number of ketones is 1. The summed E-state index contributed by atoms with van der Waals surface area (Å²) < 4.78 is 5.45. The van der Waals surface area contributed by atoms with Crippen molar-refractivity contribution < 1.29 is 14.3 Å². The van der Waals surface area contributed by atoms with Gasteiger partial charge in [0.1, 0.15) is 5.82 Å². The van der Waals surface area contributed by atoms with Crippen LogP contribution in [-0.4, -0.2) is 67.2 Å². The van der Waals surface area contributed by atoms with Crippen molar-refractivity contribution >= 4 is 35.0 Å². The molecule has 3 heterocycles. The van der Waals surface area contributed by atoms with E-state index in [2.05, 4.69) is 37.6 Å². The number of nitrogens with two attached hydrogens (primary N) is 1. The fourth-order valence-corrected chi connectivity index (χ4v) is 4.91. The Morgan fingerprint density at radius 3 is 2.45 bits per heavy atom. The van der Waals surface area contributed by atoms with E-state index in [1.165, 1.54) is 0 Å². The number of primary amides is 1. The zero-order valence-corrected chi connectivity index (χ0v) is 21.5. The van der Waals surface area contributed by atoms with Gasteiger partial charge in [0.15, 0.2) is 5.78 Å². The number of morpholine rings is 1. The van der Waals surface area contributed by atoms with E-state index < -0.39 is 6.03 Å². The van der Waals surface area contributed by atoms with E-state index >= 15 is 0 Å². The molecule has 2 aromatic carbocycles. The molecular formula is C28H33N7O3. The van der Waals surface area contributed by atoms with E-state index in [1.807, 2.05) is 42.6 Å². The van der Waals surface area contributed by atoms with Crippen molar-refractivity contribution in [3.63, 3.8) is 0 Å². The average molecular weight is 516 g/mol. The van der Waals surface area contributed by atoms with Crippen molar-refractivity contribution in [1.29, 1.82) is 0 Å². The maximum Gasteiger partial charge on any atom is 0.312 e. The van der Waals surface area contributed by atoms with Crippen LogP contribution in [0.1, 0.15) is 34.8 Å². The Bertz CT molecular complexity index is 1270. The van der Waals surface area contributed by atoms with Crippen LogP contribution in [0.5, 0.6) is 0 Å². The normalized spacial score (nSPS) is 17.3. The molecule has 2 saturated heterocycles. The van der Waals surface area contributed by atoms with Gasteiger partial charge in [-0.25, -0.2) is 9.78 Å². The van der Waals surface area contributed by atoms with E-state index in [4.69, 9.17) is 15.5 Å². The second-order valence-electron chi connectivity index (χ2n) is 9.68. The van der Waals surface area contributed by atoms with Crippen molar-refractivity contribution in [2.75, 3.05) is 54.5 Å². The number of aromatic nitrogens is 2. The van der Waals surface area contributed by atoms with E-state index in [0.717, 1.165) is 67.6 Å². The standard InChI is InChI=1S/C28H33N7O3/c1-19(36)21-4-2-20(3-5-21)16-22-17-30-28(33-26(22)35-11-10-24(18-35)31-27(29)37)32-23-6-8-25(9-7-23)34-12-14-38-15-13-34/h2-9,17,24H,10-16,18H2,1H3,(H3,29,31,37)(H,30,32,33). The maximum atomic E-state index is 11.7. The molecule has 0 bridgehead atoms. The molecule has 198 valence electrons. The molecule has 5 rings (SSSR count). The van der Waals surface area contributed by atoms with Gasteiger partial charge in [0.25, 0.3) is 0 Å². The van der Waals surface area contributed by atoms with Crippen molar-refractivity contribution in [3.8, 4) is 0 Å². The number of Topliss-reactive ketones (excluding diaryl/α,β-unsaturated/α-hetero) is 1. The lowest BCUT2D eigenvalue weighted by atomic mass is 10.0. The zero-order chi connectivity index (χ0) is 26.5. The number of hydrogen-bond donors (Lipinski definition) is 3. The Morgan fingerprint density at radius 2 is 1.76 bits per heavy atom. The molecule has 0 aliphatic carbocycles. The Hall–Kier alpha value is -4.18. The van der Waals surface area contributed by atoms with Gasteiger partial charge >= 0.3 is 6.03 Å². The quantitative estimate of drug-likeness (QED) is 0.391. The summed E-state index contributed by atoms with van der Waals surface area (Å²) in [5.41, 5.74) is 10.1. The van der Waals surface area contributed by atoms with E-state index in [9.17, 15) is 9.59 Å². The smallest absolute Gasteiger partial charge is 0.312 e. The van der Waals surface area contributed by atoms with Crippen LogP contribution in [-0.2, 0) is 11.2 Å². The molecule has 1 unspecified atom stereocenters. The highest BCUT2D eigenvalue weighted by molar-refractivity contribution is 5.94. The number of ether oxygens (including phenoxy) is 1. The van der Waals surface area contributed by atoms with Gasteiger partial charge in [-0.1, -0.05) is 24.3 Å². The minimum absolute atomic E-state index is 0.0330. The highest BCUT2D eigenvalue weighted by Gasteiger charge is 2.26. The number of nitrogens with zero attached hydrogens (tertiary/aromatic N) is 4. The predicted molar refractivity (Wildman–Crippen MR) is 147 cm³/mol. The van der Waals surface area contributed by atoms with Crippen LogP contribution in [0.25, 0.3) is 0 Å². The van der Waals surface area contributed by atoms with E-state index in [-0.39, 0.29) is 11.8 Å². The Morgan fingerprint density at radius 1 is 1.03 bits per heavy atom. The van der Waals surface area contributed by atoms with Gasteiger partial charge in [0, 0.05) is 67.3 Å². The number of carbonyl (C=O) groups excluding carboxylic acids is 2. The van der Waals surface area contributed by atoms with Crippen LogP contribution in [0.15, 0.2) is 54.7 Å². The lowest BCUT2D eigenvalue weighted by molar-refractivity contribution is 0.101. The van der Waals surface area contributed by atoms with Crippen LogP contribution in [0, 0.1) is 0 Å². The van der Waals surface area contributed by atoms with Gasteiger partial charge in [0.05, 0.1) is 13.2 Å². The number of nitrogens with one attached hydrogen (secondary N) is 2. The summed E-state index contributed by atoms with van der Waals surface area (Å²) >= 11 is 0. The van der Waals surface area contributed by atoms with Crippen molar-refractivity contribution in [3.05, 3.63) is 71.4 Å². The molecule has 0 spiro atoms. The Balaban J connectivity index is 1.36. The first-order valence-electron chi connectivity index (χ1n) is 12.9.